The van der Waals surface area contributed by atoms with Crippen molar-refractivity contribution in [1.82, 2.24) is 9.80 Å². The first-order valence-corrected chi connectivity index (χ1v) is 16.4. The van der Waals surface area contributed by atoms with Crippen LogP contribution in [-0.4, -0.2) is 81.3 Å². The molecule has 0 spiro atoms. The molecule has 4 aromatic rings. The number of sulfonamides is 1. The van der Waals surface area contributed by atoms with Gasteiger partial charge in [0.1, 0.15) is 17.6 Å². The van der Waals surface area contributed by atoms with E-state index >= 15 is 0 Å². The third kappa shape index (κ3) is 7.03. The van der Waals surface area contributed by atoms with Crippen LogP contribution < -0.4 is 19.5 Å². The zero-order valence-corrected chi connectivity index (χ0v) is 27.0. The van der Waals surface area contributed by atoms with E-state index in [1.54, 1.807) is 37.1 Å². The van der Waals surface area contributed by atoms with Crippen LogP contribution in [0.15, 0.2) is 89.8 Å². The predicted molar refractivity (Wildman–Crippen MR) is 177 cm³/mol. The number of hydrogen-bond donors (Lipinski definition) is 3. The van der Waals surface area contributed by atoms with Crippen LogP contribution in [0.25, 0.3) is 10.8 Å². The Morgan fingerprint density at radius 2 is 1.80 bits per heavy atom. The summed E-state index contributed by atoms with van der Waals surface area (Å²) in [5, 5.41) is 14.9. The third-order valence-corrected chi connectivity index (χ3v) is 9.52. The van der Waals surface area contributed by atoms with Crippen molar-refractivity contribution in [2.24, 2.45) is 5.92 Å². The molecule has 4 aromatic carbocycles. The summed E-state index contributed by atoms with van der Waals surface area (Å²) in [6, 6.07) is 23.1. The number of likely N-dealkylation sites (N-methyl/N-ethyl adjacent to an activating group) is 1. The number of nitrogens with zero attached hydrogens (tertiary/aromatic N) is 2. The van der Waals surface area contributed by atoms with Gasteiger partial charge in [-0.3, -0.25) is 9.52 Å². The first-order valence-electron chi connectivity index (χ1n) is 14.9. The van der Waals surface area contributed by atoms with Crippen LogP contribution in [0.4, 0.5) is 16.2 Å². The maximum absolute atomic E-state index is 13.8. The quantitative estimate of drug-likeness (QED) is 0.232. The fraction of sp³-hybridized carbons (Fsp3) is 0.294. The molecule has 1 aliphatic heterocycles. The van der Waals surface area contributed by atoms with Crippen molar-refractivity contribution in [3.63, 3.8) is 0 Å². The van der Waals surface area contributed by atoms with Gasteiger partial charge in [0.25, 0.3) is 15.9 Å². The largest absolute Gasteiger partial charge is 0.497 e. The van der Waals surface area contributed by atoms with Crippen LogP contribution in [0.3, 0.4) is 0 Å². The lowest BCUT2D eigenvalue weighted by Crippen LogP contribution is -2.50. The molecule has 5 rings (SSSR count). The van der Waals surface area contributed by atoms with E-state index in [2.05, 4.69) is 10.0 Å². The highest BCUT2D eigenvalue weighted by atomic mass is 32.2. The molecular weight excluding hydrogens is 608 g/mol. The van der Waals surface area contributed by atoms with Gasteiger partial charge in [0.05, 0.1) is 42.4 Å². The second kappa shape index (κ2) is 13.7. The van der Waals surface area contributed by atoms with E-state index in [0.717, 1.165) is 10.8 Å². The number of carbonyl (C=O) groups is 2. The smallest absolute Gasteiger partial charge is 0.321 e. The predicted octanol–water partition coefficient (Wildman–Crippen LogP) is 5.03. The van der Waals surface area contributed by atoms with Gasteiger partial charge in [-0.1, -0.05) is 43.3 Å². The van der Waals surface area contributed by atoms with Gasteiger partial charge < -0.3 is 29.7 Å². The van der Waals surface area contributed by atoms with E-state index in [1.807, 2.05) is 49.4 Å². The zero-order chi connectivity index (χ0) is 33.0. The van der Waals surface area contributed by atoms with Crippen molar-refractivity contribution in [3.8, 4) is 11.5 Å². The van der Waals surface area contributed by atoms with Crippen LogP contribution in [0, 0.1) is 5.92 Å². The van der Waals surface area contributed by atoms with Crippen molar-refractivity contribution in [1.29, 1.82) is 0 Å². The van der Waals surface area contributed by atoms with Gasteiger partial charge in [0.2, 0.25) is 0 Å². The normalized spacial score (nSPS) is 17.2. The fourth-order valence-corrected chi connectivity index (χ4v) is 6.42. The summed E-state index contributed by atoms with van der Waals surface area (Å²) in [4.78, 5) is 30.2. The third-order valence-electron chi connectivity index (χ3n) is 8.12. The van der Waals surface area contributed by atoms with E-state index in [4.69, 9.17) is 9.47 Å². The highest BCUT2D eigenvalue weighted by Gasteiger charge is 2.34. The molecule has 0 radical (unpaired) electrons. The molecule has 3 amide bonds. The van der Waals surface area contributed by atoms with E-state index in [1.165, 1.54) is 36.3 Å². The number of urea groups is 1. The number of fused-ring (bicyclic) bond motifs is 2. The van der Waals surface area contributed by atoms with Crippen LogP contribution in [0.5, 0.6) is 11.5 Å². The lowest BCUT2D eigenvalue weighted by Gasteiger charge is -2.38. The Labute approximate surface area is 268 Å². The SMILES string of the molecule is COc1ccc(S(=O)(=O)Nc2ccc3c(c2)C(=O)N([C@H](C)CO)C[C@@H](C)[C@H](CN(C)C(=O)Nc2cccc4ccccc24)O3)cc1. The molecule has 0 saturated heterocycles. The molecule has 0 fully saturated rings. The number of hydrogen-bond acceptors (Lipinski definition) is 7. The van der Waals surface area contributed by atoms with Gasteiger partial charge in [0.15, 0.2) is 0 Å². The van der Waals surface area contributed by atoms with Gasteiger partial charge in [-0.05, 0) is 60.8 Å². The number of anilines is 2. The summed E-state index contributed by atoms with van der Waals surface area (Å²) in [6.45, 7) is 3.83. The molecular formula is C34H38N4O7S. The molecule has 46 heavy (non-hydrogen) atoms. The highest BCUT2D eigenvalue weighted by molar-refractivity contribution is 7.92. The average Bonchev–Trinajstić information content (AvgIpc) is 3.06. The minimum atomic E-state index is -3.98. The second-order valence-electron chi connectivity index (χ2n) is 11.5. The summed E-state index contributed by atoms with van der Waals surface area (Å²) >= 11 is 0. The van der Waals surface area contributed by atoms with Crippen LogP contribution in [-0.2, 0) is 10.0 Å². The highest BCUT2D eigenvalue weighted by Crippen LogP contribution is 2.32. The molecule has 12 heteroatoms. The Kier molecular flexibility index (Phi) is 9.68. The number of aliphatic hydroxyl groups excluding tert-OH is 1. The maximum Gasteiger partial charge on any atom is 0.321 e. The Morgan fingerprint density at radius 3 is 2.52 bits per heavy atom. The number of benzene rings is 4. The number of carbonyl (C=O) groups excluding carboxylic acids is 2. The molecule has 0 aliphatic carbocycles. The summed E-state index contributed by atoms with van der Waals surface area (Å²) in [7, 11) is -0.817. The van der Waals surface area contributed by atoms with Gasteiger partial charge in [-0.15, -0.1) is 0 Å². The number of aliphatic hydroxyl groups is 1. The molecule has 3 atom stereocenters. The molecule has 3 N–H and O–H groups in total. The van der Waals surface area contributed by atoms with Crippen molar-refractivity contribution < 1.29 is 32.6 Å². The van der Waals surface area contributed by atoms with Gasteiger partial charge in [-0.25, -0.2) is 13.2 Å². The Morgan fingerprint density at radius 1 is 1.09 bits per heavy atom. The molecule has 0 aromatic heterocycles. The lowest BCUT2D eigenvalue weighted by atomic mass is 9.99. The van der Waals surface area contributed by atoms with E-state index < -0.39 is 28.1 Å². The van der Waals surface area contributed by atoms with Crippen molar-refractivity contribution in [3.05, 3.63) is 90.5 Å². The molecule has 1 aliphatic rings. The monoisotopic (exact) mass is 646 g/mol. The number of ether oxygens (including phenoxy) is 2. The van der Waals surface area contributed by atoms with Crippen molar-refractivity contribution in [2.45, 2.75) is 30.9 Å². The van der Waals surface area contributed by atoms with Gasteiger partial charge in [-0.2, -0.15) is 0 Å². The van der Waals surface area contributed by atoms with Crippen LogP contribution in [0.2, 0.25) is 0 Å². The van der Waals surface area contributed by atoms with Crippen molar-refractivity contribution >= 4 is 44.1 Å². The molecule has 242 valence electrons. The summed E-state index contributed by atoms with van der Waals surface area (Å²) in [5.41, 5.74) is 0.986. The number of methoxy groups -OCH3 is 1. The van der Waals surface area contributed by atoms with Gasteiger partial charge >= 0.3 is 6.03 Å². The standard InChI is InChI=1S/C34H38N4O7S/c1-22-19-38(23(2)21-39)33(40)29-18-25(36-46(42,43)27-15-13-26(44-4)14-16-27)12-17-31(29)45-32(22)20-37(3)34(41)35-30-11-7-9-24-8-5-6-10-28(24)30/h5-18,22-23,32,36,39H,19-21H2,1-4H3,(H,35,41)/t22-,23-,32+/m1/s1. The Balaban J connectivity index is 1.40. The van der Waals surface area contributed by atoms with Crippen LogP contribution in [0.1, 0.15) is 24.2 Å². The van der Waals surface area contributed by atoms with Crippen molar-refractivity contribution in [2.75, 3.05) is 43.9 Å². The molecule has 0 bridgehead atoms. The molecule has 0 unspecified atom stereocenters. The van der Waals surface area contributed by atoms with E-state index in [0.29, 0.717) is 11.4 Å². The number of nitrogens with one attached hydrogen (secondary N) is 2. The van der Waals surface area contributed by atoms with E-state index in [9.17, 15) is 23.1 Å². The molecule has 11 nitrogen and oxygen atoms in total. The number of amides is 3. The number of rotatable bonds is 9. The minimum absolute atomic E-state index is 0.0249. The summed E-state index contributed by atoms with van der Waals surface area (Å²) in [6.07, 6.45) is -0.537. The zero-order valence-electron chi connectivity index (χ0n) is 26.1. The maximum atomic E-state index is 13.8. The lowest BCUT2D eigenvalue weighted by molar-refractivity contribution is 0.0371. The fourth-order valence-electron chi connectivity index (χ4n) is 5.37. The van der Waals surface area contributed by atoms with E-state index in [-0.39, 0.29) is 53.5 Å². The van der Waals surface area contributed by atoms with Crippen LogP contribution >= 0.6 is 0 Å². The summed E-state index contributed by atoms with van der Waals surface area (Å²) < 4.78 is 40.3. The Hall–Kier alpha value is -4.81. The first kappa shape index (κ1) is 32.6. The minimum Gasteiger partial charge on any atom is -0.497 e. The van der Waals surface area contributed by atoms with Gasteiger partial charge in [0, 0.05) is 30.6 Å². The average molecular weight is 647 g/mol. The summed E-state index contributed by atoms with van der Waals surface area (Å²) in [5.74, 6) is 0.120. The Bertz CT molecular complexity index is 1830. The molecule has 0 saturated carbocycles. The topological polar surface area (TPSA) is 138 Å². The first-order chi connectivity index (χ1) is 22.0. The molecule has 1 heterocycles. The second-order valence-corrected chi connectivity index (χ2v) is 13.1.